The zero-order valence-electron chi connectivity index (χ0n) is 13.9. The van der Waals surface area contributed by atoms with Gasteiger partial charge in [-0.3, -0.25) is 19.2 Å². The molecule has 132 valence electrons. The van der Waals surface area contributed by atoms with Gasteiger partial charge in [-0.2, -0.15) is 0 Å². The molecule has 8 heteroatoms. The first kappa shape index (κ1) is 16.9. The molecule has 1 aromatic carbocycles. The Morgan fingerprint density at radius 3 is 2.80 bits per heavy atom. The highest BCUT2D eigenvalue weighted by molar-refractivity contribution is 6.12. The Balaban J connectivity index is 1.87. The number of carbonyl (C=O) groups excluding carboxylic acids is 4. The minimum absolute atomic E-state index is 0.191. The van der Waals surface area contributed by atoms with Crippen molar-refractivity contribution in [3.63, 3.8) is 0 Å². The number of hydrogen-bond acceptors (Lipinski definition) is 5. The lowest BCUT2D eigenvalue weighted by Crippen LogP contribution is -2.48. The third kappa shape index (κ3) is 3.19. The Bertz CT molecular complexity index is 733. The van der Waals surface area contributed by atoms with Crippen LogP contribution in [0.15, 0.2) is 24.3 Å². The first-order chi connectivity index (χ1) is 12.0. The maximum Gasteiger partial charge on any atom is 0.325 e. The van der Waals surface area contributed by atoms with Crippen LogP contribution in [0.4, 0.5) is 5.69 Å². The van der Waals surface area contributed by atoms with Gasteiger partial charge in [-0.05, 0) is 25.0 Å². The summed E-state index contributed by atoms with van der Waals surface area (Å²) in [4.78, 5) is 51.9. The van der Waals surface area contributed by atoms with Crippen molar-refractivity contribution in [2.45, 2.75) is 18.9 Å². The molecule has 0 saturated carbocycles. The SMILES string of the molecule is COC(=O)CNC(=O)CN1C(=O)[C@@H]2CCCN2C(=O)c2ccccc21. The molecule has 0 aromatic heterocycles. The van der Waals surface area contributed by atoms with E-state index in [9.17, 15) is 19.2 Å². The number of amides is 3. The highest BCUT2D eigenvalue weighted by Crippen LogP contribution is 2.32. The zero-order valence-corrected chi connectivity index (χ0v) is 13.9. The van der Waals surface area contributed by atoms with Gasteiger partial charge in [-0.15, -0.1) is 0 Å². The van der Waals surface area contributed by atoms with Crippen molar-refractivity contribution in [2.24, 2.45) is 0 Å². The van der Waals surface area contributed by atoms with Gasteiger partial charge in [0.1, 0.15) is 19.1 Å². The summed E-state index contributed by atoms with van der Waals surface area (Å²) >= 11 is 0. The molecule has 0 aliphatic carbocycles. The lowest BCUT2D eigenvalue weighted by atomic mass is 10.1. The van der Waals surface area contributed by atoms with Gasteiger partial charge in [0.2, 0.25) is 11.8 Å². The number of fused-ring (bicyclic) bond motifs is 2. The van der Waals surface area contributed by atoms with Crippen LogP contribution in [0.1, 0.15) is 23.2 Å². The Kier molecular flexibility index (Phi) is 4.69. The predicted molar refractivity (Wildman–Crippen MR) is 87.9 cm³/mol. The number of ether oxygens (including phenoxy) is 1. The number of anilines is 1. The van der Waals surface area contributed by atoms with Crippen molar-refractivity contribution in [3.05, 3.63) is 29.8 Å². The molecular formula is C17H19N3O5. The second-order valence-corrected chi connectivity index (χ2v) is 5.95. The second kappa shape index (κ2) is 6.92. The van der Waals surface area contributed by atoms with Crippen molar-refractivity contribution in [2.75, 3.05) is 31.6 Å². The van der Waals surface area contributed by atoms with Crippen LogP contribution >= 0.6 is 0 Å². The summed E-state index contributed by atoms with van der Waals surface area (Å²) < 4.78 is 4.47. The molecule has 1 fully saturated rings. The maximum atomic E-state index is 12.9. The summed E-state index contributed by atoms with van der Waals surface area (Å²) in [5.41, 5.74) is 0.820. The van der Waals surface area contributed by atoms with Gasteiger partial charge in [-0.1, -0.05) is 12.1 Å². The van der Waals surface area contributed by atoms with E-state index in [0.29, 0.717) is 24.2 Å². The van der Waals surface area contributed by atoms with E-state index in [1.807, 2.05) is 0 Å². The van der Waals surface area contributed by atoms with E-state index in [2.05, 4.69) is 10.1 Å². The quantitative estimate of drug-likeness (QED) is 0.771. The molecule has 8 nitrogen and oxygen atoms in total. The average Bonchev–Trinajstić information content (AvgIpc) is 3.10. The van der Waals surface area contributed by atoms with E-state index < -0.39 is 17.9 Å². The van der Waals surface area contributed by atoms with E-state index in [0.717, 1.165) is 6.42 Å². The number of carbonyl (C=O) groups is 4. The van der Waals surface area contributed by atoms with Crippen LogP contribution in [-0.2, 0) is 19.1 Å². The normalized spacial score (nSPS) is 19.2. The average molecular weight is 345 g/mol. The predicted octanol–water partition coefficient (Wildman–Crippen LogP) is -0.0730. The van der Waals surface area contributed by atoms with E-state index in [-0.39, 0.29) is 24.9 Å². The molecule has 0 spiro atoms. The smallest absolute Gasteiger partial charge is 0.325 e. The Labute approximate surface area is 144 Å². The lowest BCUT2D eigenvalue weighted by Gasteiger charge is -2.25. The van der Waals surface area contributed by atoms with Gasteiger partial charge in [0, 0.05) is 6.54 Å². The largest absolute Gasteiger partial charge is 0.468 e. The van der Waals surface area contributed by atoms with Gasteiger partial charge >= 0.3 is 5.97 Å². The molecular weight excluding hydrogens is 326 g/mol. The van der Waals surface area contributed by atoms with Crippen LogP contribution in [0.3, 0.4) is 0 Å². The molecule has 2 aliphatic heterocycles. The van der Waals surface area contributed by atoms with Gasteiger partial charge < -0.3 is 19.9 Å². The minimum atomic E-state index is -0.576. The summed E-state index contributed by atoms with van der Waals surface area (Å²) in [7, 11) is 1.23. The fourth-order valence-electron chi connectivity index (χ4n) is 3.22. The molecule has 2 heterocycles. The number of nitrogens with zero attached hydrogens (tertiary/aromatic N) is 2. The van der Waals surface area contributed by atoms with Crippen molar-refractivity contribution in [1.29, 1.82) is 0 Å². The van der Waals surface area contributed by atoms with Crippen LogP contribution in [0.5, 0.6) is 0 Å². The Morgan fingerprint density at radius 1 is 1.28 bits per heavy atom. The molecule has 2 aliphatic rings. The molecule has 1 N–H and O–H groups in total. The van der Waals surface area contributed by atoms with Gasteiger partial charge in [0.25, 0.3) is 5.91 Å². The summed E-state index contributed by atoms with van der Waals surface area (Å²) in [6.45, 7) is 0.00388. The van der Waals surface area contributed by atoms with E-state index in [1.54, 1.807) is 29.2 Å². The van der Waals surface area contributed by atoms with Crippen molar-refractivity contribution < 1.29 is 23.9 Å². The number of esters is 1. The van der Waals surface area contributed by atoms with Crippen molar-refractivity contribution in [1.82, 2.24) is 10.2 Å². The lowest BCUT2D eigenvalue weighted by molar-refractivity contribution is -0.141. The highest BCUT2D eigenvalue weighted by atomic mass is 16.5. The van der Waals surface area contributed by atoms with Gasteiger partial charge in [-0.25, -0.2) is 0 Å². The second-order valence-electron chi connectivity index (χ2n) is 5.95. The summed E-state index contributed by atoms with van der Waals surface area (Å²) in [5, 5.41) is 2.42. The third-order valence-electron chi connectivity index (χ3n) is 4.45. The van der Waals surface area contributed by atoms with Crippen LogP contribution in [0, 0.1) is 0 Å². The summed E-state index contributed by atoms with van der Waals surface area (Å²) in [6, 6.07) is 6.21. The number of benzene rings is 1. The summed E-state index contributed by atoms with van der Waals surface area (Å²) in [6.07, 6.45) is 1.34. The van der Waals surface area contributed by atoms with Gasteiger partial charge in [0.05, 0.1) is 18.4 Å². The molecule has 1 atom stereocenters. The van der Waals surface area contributed by atoms with Crippen LogP contribution in [-0.4, -0.2) is 61.4 Å². The molecule has 0 radical (unpaired) electrons. The van der Waals surface area contributed by atoms with E-state index >= 15 is 0 Å². The number of methoxy groups -OCH3 is 1. The topological polar surface area (TPSA) is 96.0 Å². The van der Waals surface area contributed by atoms with E-state index in [4.69, 9.17) is 0 Å². The van der Waals surface area contributed by atoms with Crippen LogP contribution in [0.2, 0.25) is 0 Å². The van der Waals surface area contributed by atoms with Crippen LogP contribution < -0.4 is 10.2 Å². The maximum absolute atomic E-state index is 12.9. The van der Waals surface area contributed by atoms with Gasteiger partial charge in [0.15, 0.2) is 0 Å². The zero-order chi connectivity index (χ0) is 18.0. The molecule has 0 unspecified atom stereocenters. The minimum Gasteiger partial charge on any atom is -0.468 e. The number of para-hydroxylation sites is 1. The molecule has 1 aromatic rings. The number of rotatable bonds is 4. The Morgan fingerprint density at radius 2 is 2.04 bits per heavy atom. The van der Waals surface area contributed by atoms with Crippen molar-refractivity contribution in [3.8, 4) is 0 Å². The molecule has 3 rings (SSSR count). The third-order valence-corrected chi connectivity index (χ3v) is 4.45. The number of nitrogens with one attached hydrogen (secondary N) is 1. The fourth-order valence-corrected chi connectivity index (χ4v) is 3.22. The fraction of sp³-hybridized carbons (Fsp3) is 0.412. The molecule has 1 saturated heterocycles. The van der Waals surface area contributed by atoms with E-state index in [1.165, 1.54) is 12.0 Å². The summed E-state index contributed by atoms with van der Waals surface area (Å²) in [5.74, 6) is -1.53. The first-order valence-electron chi connectivity index (χ1n) is 8.08. The van der Waals surface area contributed by atoms with Crippen molar-refractivity contribution >= 4 is 29.4 Å². The first-order valence-corrected chi connectivity index (χ1v) is 8.08. The van der Waals surface area contributed by atoms with Crippen LogP contribution in [0.25, 0.3) is 0 Å². The highest BCUT2D eigenvalue weighted by Gasteiger charge is 2.42. The number of hydrogen-bond donors (Lipinski definition) is 1. The molecule has 25 heavy (non-hydrogen) atoms. The standard InChI is InChI=1S/C17H19N3O5/c1-25-15(22)9-18-14(21)10-20-12-6-3-2-5-11(12)16(23)19-8-4-7-13(19)17(20)24/h2-3,5-6,13H,4,7-10H2,1H3,(H,18,21)/t13-/m0/s1. The monoisotopic (exact) mass is 345 g/mol. The Hall–Kier alpha value is -2.90. The molecule has 0 bridgehead atoms. The molecule has 3 amide bonds.